The molecular formula is C18H17N3O4S. The van der Waals surface area contributed by atoms with Crippen LogP contribution in [-0.4, -0.2) is 47.3 Å². The fourth-order valence-electron chi connectivity index (χ4n) is 2.70. The van der Waals surface area contributed by atoms with Crippen molar-refractivity contribution in [3.8, 4) is 11.7 Å². The minimum absolute atomic E-state index is 0.0160. The number of amides is 1. The predicted molar refractivity (Wildman–Crippen MR) is 94.4 cm³/mol. The predicted octanol–water partition coefficient (Wildman–Crippen LogP) is 3.02. The number of carbonyl (C=O) groups excluding carboxylic acids is 1. The van der Waals surface area contributed by atoms with E-state index in [-0.39, 0.29) is 5.91 Å². The molecule has 1 fully saturated rings. The SMILES string of the molecule is O=C([C@@H](Sc1nnc(-c2ccco2)o1)c1ccccc1)N1CCOCC1. The van der Waals surface area contributed by atoms with Gasteiger partial charge in [-0.2, -0.15) is 0 Å². The van der Waals surface area contributed by atoms with Crippen LogP contribution in [0.1, 0.15) is 10.8 Å². The van der Waals surface area contributed by atoms with Gasteiger partial charge in [0, 0.05) is 13.1 Å². The summed E-state index contributed by atoms with van der Waals surface area (Å²) in [6, 6.07) is 13.1. The lowest BCUT2D eigenvalue weighted by atomic mass is 10.1. The Morgan fingerprint density at radius 2 is 1.88 bits per heavy atom. The van der Waals surface area contributed by atoms with E-state index in [9.17, 15) is 4.79 Å². The molecule has 8 heteroatoms. The smallest absolute Gasteiger partial charge is 0.284 e. The normalized spacial score (nSPS) is 15.8. The van der Waals surface area contributed by atoms with E-state index in [0.29, 0.717) is 43.2 Å². The zero-order valence-electron chi connectivity index (χ0n) is 13.9. The number of carbonyl (C=O) groups is 1. The first-order valence-corrected chi connectivity index (χ1v) is 9.15. The van der Waals surface area contributed by atoms with Gasteiger partial charge in [0.05, 0.1) is 19.5 Å². The van der Waals surface area contributed by atoms with Crippen molar-refractivity contribution < 1.29 is 18.4 Å². The molecule has 7 nitrogen and oxygen atoms in total. The maximum absolute atomic E-state index is 13.1. The maximum atomic E-state index is 13.1. The number of hydrogen-bond donors (Lipinski definition) is 0. The van der Waals surface area contributed by atoms with Crippen LogP contribution in [0.25, 0.3) is 11.7 Å². The molecule has 4 rings (SSSR count). The average Bonchev–Trinajstić information content (AvgIpc) is 3.39. The van der Waals surface area contributed by atoms with E-state index in [0.717, 1.165) is 5.56 Å². The first-order chi connectivity index (χ1) is 12.8. The molecule has 134 valence electrons. The second kappa shape index (κ2) is 7.76. The topological polar surface area (TPSA) is 81.6 Å². The van der Waals surface area contributed by atoms with Gasteiger partial charge in [-0.1, -0.05) is 30.3 Å². The molecule has 1 saturated heterocycles. The zero-order valence-corrected chi connectivity index (χ0v) is 14.7. The van der Waals surface area contributed by atoms with Crippen molar-refractivity contribution in [1.82, 2.24) is 15.1 Å². The van der Waals surface area contributed by atoms with Crippen molar-refractivity contribution in [2.75, 3.05) is 26.3 Å². The average molecular weight is 371 g/mol. The number of ether oxygens (including phenoxy) is 1. The molecule has 0 N–H and O–H groups in total. The van der Waals surface area contributed by atoms with E-state index < -0.39 is 5.25 Å². The molecule has 0 radical (unpaired) electrons. The van der Waals surface area contributed by atoms with Crippen LogP contribution in [0.3, 0.4) is 0 Å². The van der Waals surface area contributed by atoms with Gasteiger partial charge in [0.25, 0.3) is 11.1 Å². The summed E-state index contributed by atoms with van der Waals surface area (Å²) in [4.78, 5) is 14.9. The Morgan fingerprint density at radius 1 is 1.08 bits per heavy atom. The summed E-state index contributed by atoms with van der Waals surface area (Å²) in [5, 5.41) is 7.92. The Morgan fingerprint density at radius 3 is 2.62 bits per heavy atom. The largest absolute Gasteiger partial charge is 0.459 e. The summed E-state index contributed by atoms with van der Waals surface area (Å²) in [5.41, 5.74) is 0.895. The number of aromatic nitrogens is 2. The molecule has 3 heterocycles. The number of furan rings is 1. The van der Waals surface area contributed by atoms with E-state index in [1.807, 2.05) is 35.2 Å². The number of hydrogen-bond acceptors (Lipinski definition) is 7. The fraction of sp³-hybridized carbons (Fsp3) is 0.278. The zero-order chi connectivity index (χ0) is 17.8. The molecule has 1 aliphatic heterocycles. The number of morpholine rings is 1. The molecule has 3 aromatic rings. The summed E-state index contributed by atoms with van der Waals surface area (Å²) < 4.78 is 16.3. The molecule has 0 spiro atoms. The highest BCUT2D eigenvalue weighted by molar-refractivity contribution is 8.00. The van der Waals surface area contributed by atoms with Gasteiger partial charge in [0.1, 0.15) is 5.25 Å². The van der Waals surface area contributed by atoms with Crippen molar-refractivity contribution in [2.24, 2.45) is 0 Å². The Bertz CT molecular complexity index is 844. The molecular weight excluding hydrogens is 354 g/mol. The van der Waals surface area contributed by atoms with Gasteiger partial charge in [0.2, 0.25) is 5.91 Å². The molecule has 1 atom stereocenters. The summed E-state index contributed by atoms with van der Waals surface area (Å²) in [6.07, 6.45) is 1.54. The van der Waals surface area contributed by atoms with E-state index in [4.69, 9.17) is 13.6 Å². The van der Waals surface area contributed by atoms with Gasteiger partial charge in [-0.25, -0.2) is 0 Å². The Balaban J connectivity index is 1.58. The lowest BCUT2D eigenvalue weighted by Crippen LogP contribution is -2.42. The highest BCUT2D eigenvalue weighted by Crippen LogP contribution is 2.37. The molecule has 0 unspecified atom stereocenters. The lowest BCUT2D eigenvalue weighted by molar-refractivity contribution is -0.134. The molecule has 1 aliphatic rings. The van der Waals surface area contributed by atoms with Gasteiger partial charge in [-0.05, 0) is 29.5 Å². The molecule has 26 heavy (non-hydrogen) atoms. The van der Waals surface area contributed by atoms with E-state index in [2.05, 4.69) is 10.2 Å². The number of nitrogens with zero attached hydrogens (tertiary/aromatic N) is 3. The molecule has 0 bridgehead atoms. The van der Waals surface area contributed by atoms with Crippen LogP contribution in [-0.2, 0) is 9.53 Å². The second-order valence-electron chi connectivity index (χ2n) is 5.70. The second-order valence-corrected chi connectivity index (χ2v) is 6.75. The van der Waals surface area contributed by atoms with Crippen LogP contribution in [0, 0.1) is 0 Å². The lowest BCUT2D eigenvalue weighted by Gasteiger charge is -2.29. The van der Waals surface area contributed by atoms with E-state index in [1.165, 1.54) is 11.8 Å². The third kappa shape index (κ3) is 3.66. The molecule has 0 aliphatic carbocycles. The van der Waals surface area contributed by atoms with Crippen LogP contribution in [0.4, 0.5) is 0 Å². The Hall–Kier alpha value is -2.58. The van der Waals surface area contributed by atoms with Crippen LogP contribution < -0.4 is 0 Å². The fourth-order valence-corrected chi connectivity index (χ4v) is 3.66. The third-order valence-electron chi connectivity index (χ3n) is 4.01. The highest BCUT2D eigenvalue weighted by atomic mass is 32.2. The summed E-state index contributed by atoms with van der Waals surface area (Å²) in [6.45, 7) is 2.29. The van der Waals surface area contributed by atoms with Gasteiger partial charge < -0.3 is 18.5 Å². The summed E-state index contributed by atoms with van der Waals surface area (Å²) in [7, 11) is 0. The summed E-state index contributed by atoms with van der Waals surface area (Å²) >= 11 is 1.25. The van der Waals surface area contributed by atoms with Crippen molar-refractivity contribution in [3.05, 3.63) is 54.3 Å². The molecule has 1 amide bonds. The van der Waals surface area contributed by atoms with Gasteiger partial charge in [-0.3, -0.25) is 4.79 Å². The van der Waals surface area contributed by atoms with Gasteiger partial charge >= 0.3 is 0 Å². The quantitative estimate of drug-likeness (QED) is 0.638. The summed E-state index contributed by atoms with van der Waals surface area (Å²) in [5.74, 6) is 0.811. The van der Waals surface area contributed by atoms with Gasteiger partial charge in [0.15, 0.2) is 5.76 Å². The van der Waals surface area contributed by atoms with Crippen LogP contribution in [0.5, 0.6) is 0 Å². The van der Waals surface area contributed by atoms with Crippen molar-refractivity contribution in [1.29, 1.82) is 0 Å². The van der Waals surface area contributed by atoms with E-state index >= 15 is 0 Å². The monoisotopic (exact) mass is 371 g/mol. The van der Waals surface area contributed by atoms with E-state index in [1.54, 1.807) is 18.4 Å². The standard InChI is InChI=1S/C18H17N3O4S/c22-17(21-8-11-23-12-9-21)15(13-5-2-1-3-6-13)26-18-20-19-16(25-18)14-7-4-10-24-14/h1-7,10,15H,8-9,11-12H2/t15-/m0/s1. The minimum Gasteiger partial charge on any atom is -0.459 e. The molecule has 1 aromatic carbocycles. The Kier molecular flexibility index (Phi) is 5.03. The van der Waals surface area contributed by atoms with Crippen LogP contribution >= 0.6 is 11.8 Å². The molecule has 2 aromatic heterocycles. The number of rotatable bonds is 5. The maximum Gasteiger partial charge on any atom is 0.284 e. The first kappa shape index (κ1) is 16.9. The number of thioether (sulfide) groups is 1. The molecule has 0 saturated carbocycles. The van der Waals surface area contributed by atoms with Crippen LogP contribution in [0.2, 0.25) is 0 Å². The van der Waals surface area contributed by atoms with Gasteiger partial charge in [-0.15, -0.1) is 10.2 Å². The third-order valence-corrected chi connectivity index (χ3v) is 5.08. The highest BCUT2D eigenvalue weighted by Gasteiger charge is 2.30. The first-order valence-electron chi connectivity index (χ1n) is 8.27. The minimum atomic E-state index is -0.459. The van der Waals surface area contributed by atoms with Crippen molar-refractivity contribution >= 4 is 17.7 Å². The van der Waals surface area contributed by atoms with Crippen LogP contribution in [0.15, 0.2) is 62.8 Å². The van der Waals surface area contributed by atoms with Crippen molar-refractivity contribution in [2.45, 2.75) is 10.5 Å². The van der Waals surface area contributed by atoms with Crippen molar-refractivity contribution in [3.63, 3.8) is 0 Å². The number of benzene rings is 1. The Labute approximate surface area is 154 Å².